The van der Waals surface area contributed by atoms with Crippen molar-refractivity contribution in [3.8, 4) is 0 Å². The van der Waals surface area contributed by atoms with E-state index < -0.39 is 0 Å². The van der Waals surface area contributed by atoms with Crippen LogP contribution in [0.2, 0.25) is 0 Å². The van der Waals surface area contributed by atoms with Crippen LogP contribution in [0.25, 0.3) is 11.0 Å². The number of benzene rings is 2. The van der Waals surface area contributed by atoms with Crippen LogP contribution in [0, 0.1) is 0 Å². The summed E-state index contributed by atoms with van der Waals surface area (Å²) in [6.45, 7) is 4.22. The fourth-order valence-corrected chi connectivity index (χ4v) is 3.02. The highest BCUT2D eigenvalue weighted by molar-refractivity contribution is 5.99. The number of nitrogens with one attached hydrogen (secondary N) is 1. The standard InChI is InChI=1S/C22H26N2O3/c1-4-26-15-19-18-7-5-6-8-20(18)27-21(19)22(25)23-13-16-9-11-17(12-10-16)14-24(2)3/h5-12H,4,13-15H2,1-3H3,(H,23,25). The lowest BCUT2D eigenvalue weighted by Crippen LogP contribution is -2.23. The zero-order chi connectivity index (χ0) is 19.2. The summed E-state index contributed by atoms with van der Waals surface area (Å²) in [5, 5.41) is 3.88. The average molecular weight is 366 g/mol. The molecule has 1 N–H and O–H groups in total. The number of para-hydroxylation sites is 1. The van der Waals surface area contributed by atoms with E-state index in [1.54, 1.807) is 0 Å². The van der Waals surface area contributed by atoms with Gasteiger partial charge in [-0.2, -0.15) is 0 Å². The van der Waals surface area contributed by atoms with Crippen molar-refractivity contribution in [2.45, 2.75) is 26.6 Å². The lowest BCUT2D eigenvalue weighted by atomic mass is 10.1. The van der Waals surface area contributed by atoms with Gasteiger partial charge in [0, 0.05) is 30.6 Å². The number of ether oxygens (including phenoxy) is 1. The minimum absolute atomic E-state index is 0.224. The van der Waals surface area contributed by atoms with E-state index in [0.29, 0.717) is 31.1 Å². The number of carbonyl (C=O) groups is 1. The normalized spacial score (nSPS) is 11.3. The third-order valence-corrected chi connectivity index (χ3v) is 4.33. The van der Waals surface area contributed by atoms with Gasteiger partial charge < -0.3 is 19.4 Å². The molecule has 5 heteroatoms. The molecule has 0 fully saturated rings. The van der Waals surface area contributed by atoms with Crippen molar-refractivity contribution in [1.82, 2.24) is 10.2 Å². The van der Waals surface area contributed by atoms with Gasteiger partial charge in [0.15, 0.2) is 5.76 Å². The molecule has 27 heavy (non-hydrogen) atoms. The summed E-state index contributed by atoms with van der Waals surface area (Å²) in [4.78, 5) is 14.8. The summed E-state index contributed by atoms with van der Waals surface area (Å²) in [7, 11) is 4.09. The van der Waals surface area contributed by atoms with Crippen LogP contribution in [0.5, 0.6) is 0 Å². The Morgan fingerprint density at radius 1 is 1.07 bits per heavy atom. The van der Waals surface area contributed by atoms with Gasteiger partial charge in [0.1, 0.15) is 5.58 Å². The highest BCUT2D eigenvalue weighted by Gasteiger charge is 2.20. The molecular formula is C22H26N2O3. The summed E-state index contributed by atoms with van der Waals surface area (Å²) in [5.41, 5.74) is 3.79. The highest BCUT2D eigenvalue weighted by Crippen LogP contribution is 2.26. The van der Waals surface area contributed by atoms with Gasteiger partial charge in [0.25, 0.3) is 5.91 Å². The van der Waals surface area contributed by atoms with Crippen molar-refractivity contribution in [2.75, 3.05) is 20.7 Å². The molecule has 0 aliphatic rings. The highest BCUT2D eigenvalue weighted by atomic mass is 16.5. The second-order valence-corrected chi connectivity index (χ2v) is 6.78. The van der Waals surface area contributed by atoms with E-state index in [9.17, 15) is 4.79 Å². The van der Waals surface area contributed by atoms with E-state index in [0.717, 1.165) is 23.1 Å². The van der Waals surface area contributed by atoms with E-state index in [4.69, 9.17) is 9.15 Å². The van der Waals surface area contributed by atoms with E-state index in [1.807, 2.05) is 57.4 Å². The average Bonchev–Trinajstić information content (AvgIpc) is 3.04. The summed E-state index contributed by atoms with van der Waals surface area (Å²) in [6.07, 6.45) is 0. The van der Waals surface area contributed by atoms with Crippen LogP contribution < -0.4 is 5.32 Å². The molecule has 0 aliphatic carbocycles. The third-order valence-electron chi connectivity index (χ3n) is 4.33. The molecule has 2 aromatic carbocycles. The van der Waals surface area contributed by atoms with E-state index >= 15 is 0 Å². The minimum atomic E-state index is -0.224. The number of hydrogen-bond donors (Lipinski definition) is 1. The maximum absolute atomic E-state index is 12.7. The summed E-state index contributed by atoms with van der Waals surface area (Å²) in [6, 6.07) is 15.9. The lowest BCUT2D eigenvalue weighted by molar-refractivity contribution is 0.0912. The van der Waals surface area contributed by atoms with E-state index in [2.05, 4.69) is 22.3 Å². The van der Waals surface area contributed by atoms with E-state index in [1.165, 1.54) is 5.56 Å². The molecule has 0 bridgehead atoms. The monoisotopic (exact) mass is 366 g/mol. The second kappa shape index (κ2) is 8.84. The Hall–Kier alpha value is -2.63. The van der Waals surface area contributed by atoms with Gasteiger partial charge in [-0.15, -0.1) is 0 Å². The van der Waals surface area contributed by atoms with Crippen LogP contribution in [0.1, 0.15) is 34.2 Å². The summed E-state index contributed by atoms with van der Waals surface area (Å²) >= 11 is 0. The SMILES string of the molecule is CCOCc1c(C(=O)NCc2ccc(CN(C)C)cc2)oc2ccccc12. The number of hydrogen-bond acceptors (Lipinski definition) is 4. The zero-order valence-corrected chi connectivity index (χ0v) is 16.1. The molecule has 142 valence electrons. The van der Waals surface area contributed by atoms with Gasteiger partial charge in [-0.1, -0.05) is 42.5 Å². The summed E-state index contributed by atoms with van der Waals surface area (Å²) < 4.78 is 11.4. The predicted molar refractivity (Wildman–Crippen MR) is 107 cm³/mol. The van der Waals surface area contributed by atoms with Gasteiger partial charge in [0.05, 0.1) is 6.61 Å². The first-order valence-corrected chi connectivity index (χ1v) is 9.17. The second-order valence-electron chi connectivity index (χ2n) is 6.78. The maximum atomic E-state index is 12.7. The molecule has 0 spiro atoms. The molecule has 3 aromatic rings. The Bertz CT molecular complexity index is 898. The molecule has 0 saturated carbocycles. The number of amides is 1. The minimum Gasteiger partial charge on any atom is -0.451 e. The molecule has 1 amide bonds. The first-order valence-electron chi connectivity index (χ1n) is 9.17. The van der Waals surface area contributed by atoms with Crippen molar-refractivity contribution in [3.05, 3.63) is 71.0 Å². The van der Waals surface area contributed by atoms with Crippen LogP contribution >= 0.6 is 0 Å². The first-order chi connectivity index (χ1) is 13.1. The Labute approximate surface area is 159 Å². The van der Waals surface area contributed by atoms with Gasteiger partial charge in [-0.25, -0.2) is 0 Å². The van der Waals surface area contributed by atoms with Crippen LogP contribution in [-0.2, 0) is 24.4 Å². The molecule has 0 saturated heterocycles. The lowest BCUT2D eigenvalue weighted by Gasteiger charge is -2.10. The molecule has 1 heterocycles. The molecule has 0 radical (unpaired) electrons. The molecule has 0 aliphatic heterocycles. The fourth-order valence-electron chi connectivity index (χ4n) is 3.02. The smallest absolute Gasteiger partial charge is 0.287 e. The predicted octanol–water partition coefficient (Wildman–Crippen LogP) is 3.96. The van der Waals surface area contributed by atoms with Crippen LogP contribution in [0.3, 0.4) is 0 Å². The number of fused-ring (bicyclic) bond motifs is 1. The van der Waals surface area contributed by atoms with Crippen molar-refractivity contribution < 1.29 is 13.9 Å². The van der Waals surface area contributed by atoms with Gasteiger partial charge >= 0.3 is 0 Å². The Morgan fingerprint density at radius 2 is 1.78 bits per heavy atom. The van der Waals surface area contributed by atoms with Crippen molar-refractivity contribution >= 4 is 16.9 Å². The van der Waals surface area contributed by atoms with Gasteiger partial charge in [0.2, 0.25) is 0 Å². The first kappa shape index (κ1) is 19.1. The van der Waals surface area contributed by atoms with Crippen LogP contribution in [-0.4, -0.2) is 31.5 Å². The Balaban J connectivity index is 1.72. The number of rotatable bonds is 8. The molecule has 0 atom stereocenters. The van der Waals surface area contributed by atoms with Crippen molar-refractivity contribution in [3.63, 3.8) is 0 Å². The fraction of sp³-hybridized carbons (Fsp3) is 0.318. The third kappa shape index (κ3) is 4.76. The van der Waals surface area contributed by atoms with Crippen LogP contribution in [0.4, 0.5) is 0 Å². The van der Waals surface area contributed by atoms with Gasteiger partial charge in [-0.3, -0.25) is 4.79 Å². The molecule has 1 aromatic heterocycles. The number of furan rings is 1. The number of nitrogens with zero attached hydrogens (tertiary/aromatic N) is 1. The van der Waals surface area contributed by atoms with Crippen LogP contribution in [0.15, 0.2) is 52.9 Å². The van der Waals surface area contributed by atoms with Gasteiger partial charge in [-0.05, 0) is 38.2 Å². The Morgan fingerprint density at radius 3 is 2.48 bits per heavy atom. The maximum Gasteiger partial charge on any atom is 0.287 e. The topological polar surface area (TPSA) is 54.7 Å². The Kier molecular flexibility index (Phi) is 6.27. The van der Waals surface area contributed by atoms with E-state index in [-0.39, 0.29) is 5.91 Å². The number of carbonyl (C=O) groups excluding carboxylic acids is 1. The zero-order valence-electron chi connectivity index (χ0n) is 16.1. The van der Waals surface area contributed by atoms with Crippen molar-refractivity contribution in [2.24, 2.45) is 0 Å². The molecule has 0 unspecified atom stereocenters. The quantitative estimate of drug-likeness (QED) is 0.656. The summed E-state index contributed by atoms with van der Waals surface area (Å²) in [5.74, 6) is 0.104. The molecular weight excluding hydrogens is 340 g/mol. The largest absolute Gasteiger partial charge is 0.451 e. The van der Waals surface area contributed by atoms with Crippen molar-refractivity contribution in [1.29, 1.82) is 0 Å². The molecule has 5 nitrogen and oxygen atoms in total. The molecule has 3 rings (SSSR count).